The summed E-state index contributed by atoms with van der Waals surface area (Å²) in [7, 11) is 0. The summed E-state index contributed by atoms with van der Waals surface area (Å²) in [5.74, 6) is 1.54. The lowest BCUT2D eigenvalue weighted by molar-refractivity contribution is 1.10. The zero-order valence-electron chi connectivity index (χ0n) is 13.1. The number of fused-ring (bicyclic) bond motifs is 1. The van der Waals surface area contributed by atoms with Gasteiger partial charge in [0.15, 0.2) is 5.82 Å². The Morgan fingerprint density at radius 3 is 2.33 bits per heavy atom. The first-order chi connectivity index (χ1) is 11.9. The molecular formula is C20H16N4. The van der Waals surface area contributed by atoms with Gasteiger partial charge >= 0.3 is 0 Å². The van der Waals surface area contributed by atoms with Gasteiger partial charge in [0.25, 0.3) is 0 Å². The molecular weight excluding hydrogens is 296 g/mol. The third kappa shape index (κ3) is 2.94. The molecule has 0 fully saturated rings. The number of hydrogen-bond donors (Lipinski definition) is 1. The maximum atomic E-state index is 4.74. The monoisotopic (exact) mass is 312 g/mol. The predicted molar refractivity (Wildman–Crippen MR) is 96.5 cm³/mol. The summed E-state index contributed by atoms with van der Waals surface area (Å²) in [5, 5.41) is 4.47. The van der Waals surface area contributed by atoms with Crippen molar-refractivity contribution in [3.8, 4) is 11.4 Å². The number of nitrogens with one attached hydrogen (secondary N) is 1. The molecule has 116 valence electrons. The Morgan fingerprint density at radius 1 is 0.750 bits per heavy atom. The lowest BCUT2D eigenvalue weighted by Gasteiger charge is -2.11. The first-order valence-electron chi connectivity index (χ1n) is 7.85. The summed E-state index contributed by atoms with van der Waals surface area (Å²) in [6.45, 7) is 0.720. The van der Waals surface area contributed by atoms with Gasteiger partial charge in [-0.3, -0.25) is 4.98 Å². The Hall–Kier alpha value is -3.27. The van der Waals surface area contributed by atoms with Crippen molar-refractivity contribution in [3.05, 3.63) is 84.7 Å². The molecule has 0 aliphatic heterocycles. The Morgan fingerprint density at radius 2 is 1.50 bits per heavy atom. The van der Waals surface area contributed by atoms with Crippen molar-refractivity contribution >= 4 is 16.7 Å². The third-order valence-electron chi connectivity index (χ3n) is 3.84. The number of benzene rings is 2. The van der Waals surface area contributed by atoms with Crippen molar-refractivity contribution in [2.45, 2.75) is 6.54 Å². The number of pyridine rings is 1. The third-order valence-corrected chi connectivity index (χ3v) is 3.84. The molecule has 4 heteroatoms. The maximum Gasteiger partial charge on any atom is 0.162 e. The Balaban J connectivity index is 1.75. The first-order valence-corrected chi connectivity index (χ1v) is 7.85. The van der Waals surface area contributed by atoms with E-state index in [1.54, 1.807) is 12.4 Å². The van der Waals surface area contributed by atoms with Crippen LogP contribution in [0.5, 0.6) is 0 Å². The molecule has 2 aromatic heterocycles. The highest BCUT2D eigenvalue weighted by Gasteiger charge is 2.09. The van der Waals surface area contributed by atoms with Gasteiger partial charge in [0, 0.05) is 29.9 Å². The summed E-state index contributed by atoms with van der Waals surface area (Å²) in [5.41, 5.74) is 3.10. The molecule has 0 unspecified atom stereocenters. The van der Waals surface area contributed by atoms with Crippen molar-refractivity contribution in [1.82, 2.24) is 15.0 Å². The Kier molecular flexibility index (Phi) is 3.86. The van der Waals surface area contributed by atoms with Gasteiger partial charge in [-0.15, -0.1) is 0 Å². The average Bonchev–Trinajstić information content (AvgIpc) is 2.67. The second kappa shape index (κ2) is 6.46. The molecule has 0 aliphatic carbocycles. The van der Waals surface area contributed by atoms with Gasteiger partial charge in [0.1, 0.15) is 5.82 Å². The van der Waals surface area contributed by atoms with Crippen molar-refractivity contribution in [1.29, 1.82) is 0 Å². The highest BCUT2D eigenvalue weighted by Crippen LogP contribution is 2.24. The number of aromatic nitrogens is 3. The Bertz CT molecular complexity index is 953. The van der Waals surface area contributed by atoms with Gasteiger partial charge in [-0.25, -0.2) is 9.97 Å². The molecule has 0 spiro atoms. The summed E-state index contributed by atoms with van der Waals surface area (Å²) in [6, 6.07) is 22.2. The molecule has 4 aromatic rings. The largest absolute Gasteiger partial charge is 0.365 e. The number of hydrogen-bond acceptors (Lipinski definition) is 4. The van der Waals surface area contributed by atoms with Crippen LogP contribution in [0.4, 0.5) is 5.82 Å². The van der Waals surface area contributed by atoms with Crippen molar-refractivity contribution in [2.24, 2.45) is 0 Å². The number of para-hydroxylation sites is 1. The molecule has 0 atom stereocenters. The van der Waals surface area contributed by atoms with E-state index in [9.17, 15) is 0 Å². The molecule has 0 amide bonds. The van der Waals surface area contributed by atoms with Crippen LogP contribution in [0.3, 0.4) is 0 Å². The smallest absolute Gasteiger partial charge is 0.162 e. The molecule has 2 aromatic carbocycles. The van der Waals surface area contributed by atoms with Crippen LogP contribution in [-0.4, -0.2) is 15.0 Å². The fraction of sp³-hybridized carbons (Fsp3) is 0.0500. The van der Waals surface area contributed by atoms with Crippen molar-refractivity contribution in [3.63, 3.8) is 0 Å². The van der Waals surface area contributed by atoms with E-state index >= 15 is 0 Å². The van der Waals surface area contributed by atoms with Gasteiger partial charge < -0.3 is 5.32 Å². The van der Waals surface area contributed by atoms with Gasteiger partial charge in [-0.05, 0) is 29.8 Å². The number of nitrogens with zero attached hydrogens (tertiary/aromatic N) is 3. The van der Waals surface area contributed by atoms with E-state index in [1.165, 1.54) is 5.56 Å². The molecule has 1 N–H and O–H groups in total. The van der Waals surface area contributed by atoms with Gasteiger partial charge in [0.05, 0.1) is 5.52 Å². The van der Waals surface area contributed by atoms with E-state index in [-0.39, 0.29) is 0 Å². The second-order valence-electron chi connectivity index (χ2n) is 5.49. The molecule has 4 rings (SSSR count). The quantitative estimate of drug-likeness (QED) is 0.610. The van der Waals surface area contributed by atoms with Crippen molar-refractivity contribution < 1.29 is 0 Å². The van der Waals surface area contributed by atoms with E-state index in [0.717, 1.165) is 28.8 Å². The van der Waals surface area contributed by atoms with Crippen LogP contribution in [-0.2, 0) is 6.54 Å². The van der Waals surface area contributed by atoms with Gasteiger partial charge in [-0.1, -0.05) is 42.5 Å². The molecule has 0 saturated heterocycles. The minimum absolute atomic E-state index is 0.701. The minimum Gasteiger partial charge on any atom is -0.365 e. The molecule has 0 aliphatic rings. The van der Waals surface area contributed by atoms with Crippen LogP contribution < -0.4 is 5.32 Å². The van der Waals surface area contributed by atoms with Gasteiger partial charge in [-0.2, -0.15) is 0 Å². The van der Waals surface area contributed by atoms with Crippen LogP contribution in [0.15, 0.2) is 79.1 Å². The van der Waals surface area contributed by atoms with E-state index in [1.807, 2.05) is 54.6 Å². The van der Waals surface area contributed by atoms with E-state index in [0.29, 0.717) is 5.82 Å². The SMILES string of the molecule is c1ccc(CNc2nc(-c3ccncc3)nc3ccccc23)cc1. The summed E-state index contributed by atoms with van der Waals surface area (Å²) < 4.78 is 0. The lowest BCUT2D eigenvalue weighted by atomic mass is 10.2. The lowest BCUT2D eigenvalue weighted by Crippen LogP contribution is -2.04. The van der Waals surface area contributed by atoms with Crippen LogP contribution in [0, 0.1) is 0 Å². The molecule has 0 radical (unpaired) electrons. The highest BCUT2D eigenvalue weighted by molar-refractivity contribution is 5.90. The second-order valence-corrected chi connectivity index (χ2v) is 5.49. The average molecular weight is 312 g/mol. The fourth-order valence-corrected chi connectivity index (χ4v) is 2.62. The molecule has 4 nitrogen and oxygen atoms in total. The fourth-order valence-electron chi connectivity index (χ4n) is 2.62. The zero-order valence-corrected chi connectivity index (χ0v) is 13.1. The molecule has 2 heterocycles. The minimum atomic E-state index is 0.701. The van der Waals surface area contributed by atoms with Crippen LogP contribution in [0.2, 0.25) is 0 Å². The van der Waals surface area contributed by atoms with Crippen LogP contribution in [0.25, 0.3) is 22.3 Å². The normalized spacial score (nSPS) is 10.7. The summed E-state index contributed by atoms with van der Waals surface area (Å²) >= 11 is 0. The van der Waals surface area contributed by atoms with Gasteiger partial charge in [0.2, 0.25) is 0 Å². The van der Waals surface area contributed by atoms with E-state index in [4.69, 9.17) is 4.98 Å². The van der Waals surface area contributed by atoms with Crippen LogP contribution in [0.1, 0.15) is 5.56 Å². The van der Waals surface area contributed by atoms with Crippen molar-refractivity contribution in [2.75, 3.05) is 5.32 Å². The van der Waals surface area contributed by atoms with E-state index in [2.05, 4.69) is 27.4 Å². The van der Waals surface area contributed by atoms with E-state index < -0.39 is 0 Å². The first kappa shape index (κ1) is 14.3. The number of anilines is 1. The highest BCUT2D eigenvalue weighted by atomic mass is 15.0. The number of rotatable bonds is 4. The molecule has 24 heavy (non-hydrogen) atoms. The summed E-state index contributed by atoms with van der Waals surface area (Å²) in [6.07, 6.45) is 3.51. The standard InChI is InChI=1S/C20H16N4/c1-2-6-15(7-3-1)14-22-20-17-8-4-5-9-18(17)23-19(24-20)16-10-12-21-13-11-16/h1-13H,14H2,(H,22,23,24). The maximum absolute atomic E-state index is 4.74. The molecule has 0 bridgehead atoms. The predicted octanol–water partition coefficient (Wildman–Crippen LogP) is 4.30. The zero-order chi connectivity index (χ0) is 16.2. The topological polar surface area (TPSA) is 50.7 Å². The summed E-state index contributed by atoms with van der Waals surface area (Å²) in [4.78, 5) is 13.5. The Labute approximate surface area is 140 Å². The molecule has 0 saturated carbocycles. The van der Waals surface area contributed by atoms with Crippen LogP contribution >= 0.6 is 0 Å².